The Hall–Kier alpha value is -2.79. The summed E-state index contributed by atoms with van der Waals surface area (Å²) in [6.07, 6.45) is 1.92. The number of aromatic nitrogens is 3. The second kappa shape index (κ2) is 6.98. The third-order valence-electron chi connectivity index (χ3n) is 3.49. The van der Waals surface area contributed by atoms with Gasteiger partial charge >= 0.3 is 0 Å². The van der Waals surface area contributed by atoms with Crippen LogP contribution in [0, 0.1) is 17.1 Å². The molecule has 1 saturated heterocycles. The Balaban J connectivity index is 1.79. The molecule has 3 rings (SSSR count). The van der Waals surface area contributed by atoms with Crippen LogP contribution in [0.3, 0.4) is 0 Å². The summed E-state index contributed by atoms with van der Waals surface area (Å²) in [6.45, 7) is 1.87. The molecule has 0 amide bonds. The Morgan fingerprint density at radius 2 is 1.96 bits per heavy atom. The van der Waals surface area contributed by atoms with Gasteiger partial charge in [-0.3, -0.25) is 0 Å². The first-order valence-electron chi connectivity index (χ1n) is 7.39. The number of piperidine rings is 1. The van der Waals surface area contributed by atoms with Crippen molar-refractivity contribution in [1.82, 2.24) is 20.3 Å². The molecule has 3 N–H and O–H groups in total. The molecular formula is C15H16FN7. The van der Waals surface area contributed by atoms with E-state index < -0.39 is 0 Å². The van der Waals surface area contributed by atoms with Crippen LogP contribution in [0.1, 0.15) is 18.7 Å². The van der Waals surface area contributed by atoms with Crippen molar-refractivity contribution in [2.45, 2.75) is 18.9 Å². The van der Waals surface area contributed by atoms with Crippen LogP contribution in [0.25, 0.3) is 0 Å². The molecular weight excluding hydrogens is 297 g/mol. The third kappa shape index (κ3) is 4.11. The molecule has 2 heterocycles. The van der Waals surface area contributed by atoms with Gasteiger partial charge in [-0.05, 0) is 44.1 Å². The lowest BCUT2D eigenvalue weighted by molar-refractivity contribution is 0.477. The minimum absolute atomic E-state index is 0.00957. The number of halogens is 1. The highest BCUT2D eigenvalue weighted by atomic mass is 19.1. The Kier molecular flexibility index (Phi) is 4.59. The maximum atomic E-state index is 13.2. The van der Waals surface area contributed by atoms with Crippen LogP contribution in [0.15, 0.2) is 24.3 Å². The Morgan fingerprint density at radius 1 is 1.17 bits per heavy atom. The number of rotatable bonds is 4. The van der Waals surface area contributed by atoms with E-state index in [1.165, 1.54) is 12.1 Å². The van der Waals surface area contributed by atoms with Gasteiger partial charge in [-0.2, -0.15) is 20.2 Å². The molecule has 0 spiro atoms. The van der Waals surface area contributed by atoms with Crippen LogP contribution >= 0.6 is 0 Å². The number of benzene rings is 1. The summed E-state index contributed by atoms with van der Waals surface area (Å²) in [4.78, 5) is 12.3. The minimum atomic E-state index is -0.363. The van der Waals surface area contributed by atoms with Crippen molar-refractivity contribution < 1.29 is 4.39 Å². The fourth-order valence-electron chi connectivity index (χ4n) is 2.39. The molecule has 1 aromatic carbocycles. The maximum absolute atomic E-state index is 13.2. The van der Waals surface area contributed by atoms with Gasteiger partial charge < -0.3 is 16.0 Å². The van der Waals surface area contributed by atoms with E-state index in [2.05, 4.69) is 30.9 Å². The third-order valence-corrected chi connectivity index (χ3v) is 3.49. The highest BCUT2D eigenvalue weighted by molar-refractivity contribution is 5.54. The lowest BCUT2D eigenvalue weighted by atomic mass is 10.1. The van der Waals surface area contributed by atoms with Crippen molar-refractivity contribution in [2.24, 2.45) is 0 Å². The fourth-order valence-corrected chi connectivity index (χ4v) is 2.39. The van der Waals surface area contributed by atoms with Crippen molar-refractivity contribution in [3.63, 3.8) is 0 Å². The molecule has 8 heteroatoms. The zero-order valence-electron chi connectivity index (χ0n) is 12.4. The number of hydrogen-bond acceptors (Lipinski definition) is 7. The average molecular weight is 313 g/mol. The van der Waals surface area contributed by atoms with E-state index in [-0.39, 0.29) is 23.6 Å². The zero-order valence-corrected chi connectivity index (χ0v) is 12.4. The molecule has 1 fully saturated rings. The molecule has 1 aliphatic heterocycles. The van der Waals surface area contributed by atoms with Crippen molar-refractivity contribution in [2.75, 3.05) is 23.7 Å². The first-order valence-corrected chi connectivity index (χ1v) is 7.39. The van der Waals surface area contributed by atoms with Crippen LogP contribution < -0.4 is 16.0 Å². The SMILES string of the molecule is N#Cc1nc(Nc2cccc(F)c2)nc(NC2CCNCC2)n1. The lowest BCUT2D eigenvalue weighted by Gasteiger charge is -2.23. The molecule has 0 radical (unpaired) electrons. The Morgan fingerprint density at radius 3 is 2.70 bits per heavy atom. The molecule has 0 unspecified atom stereocenters. The molecule has 0 saturated carbocycles. The summed E-state index contributed by atoms with van der Waals surface area (Å²) in [5, 5.41) is 18.5. The first kappa shape index (κ1) is 15.1. The summed E-state index contributed by atoms with van der Waals surface area (Å²) in [5.41, 5.74) is 0.507. The van der Waals surface area contributed by atoms with Gasteiger partial charge in [0.05, 0.1) is 0 Å². The minimum Gasteiger partial charge on any atom is -0.351 e. The summed E-state index contributed by atoms with van der Waals surface area (Å²) in [5.74, 6) is 0.203. The molecule has 1 aliphatic rings. The number of hydrogen-bond donors (Lipinski definition) is 3. The molecule has 118 valence electrons. The van der Waals surface area contributed by atoms with Crippen LogP contribution in [0.4, 0.5) is 22.0 Å². The van der Waals surface area contributed by atoms with Crippen LogP contribution in [0.5, 0.6) is 0 Å². The Labute approximate surface area is 133 Å². The highest BCUT2D eigenvalue weighted by Crippen LogP contribution is 2.16. The number of anilines is 3. The van der Waals surface area contributed by atoms with Gasteiger partial charge in [-0.25, -0.2) is 4.39 Å². The largest absolute Gasteiger partial charge is 0.351 e. The number of nitrogens with one attached hydrogen (secondary N) is 3. The van der Waals surface area contributed by atoms with E-state index in [0.717, 1.165) is 25.9 Å². The molecule has 23 heavy (non-hydrogen) atoms. The van der Waals surface area contributed by atoms with Crippen LogP contribution in [-0.2, 0) is 0 Å². The number of nitriles is 1. The second-order valence-corrected chi connectivity index (χ2v) is 5.22. The molecule has 0 aliphatic carbocycles. The first-order chi connectivity index (χ1) is 11.2. The maximum Gasteiger partial charge on any atom is 0.238 e. The zero-order chi connectivity index (χ0) is 16.1. The average Bonchev–Trinajstić information content (AvgIpc) is 2.55. The van der Waals surface area contributed by atoms with Gasteiger partial charge in [0.1, 0.15) is 11.9 Å². The van der Waals surface area contributed by atoms with E-state index in [1.54, 1.807) is 12.1 Å². The van der Waals surface area contributed by atoms with Gasteiger partial charge in [-0.15, -0.1) is 0 Å². The Bertz CT molecular complexity index is 722. The summed E-state index contributed by atoms with van der Waals surface area (Å²) in [7, 11) is 0. The fraction of sp³-hybridized carbons (Fsp3) is 0.333. The standard InChI is InChI=1S/C15H16FN7/c16-10-2-1-3-12(8-10)20-15-22-13(9-17)21-14(23-15)19-11-4-6-18-7-5-11/h1-3,8,11,18H,4-7H2,(H2,19,20,21,22,23). The predicted molar refractivity (Wildman–Crippen MR) is 83.7 cm³/mol. The summed E-state index contributed by atoms with van der Waals surface area (Å²) >= 11 is 0. The van der Waals surface area contributed by atoms with E-state index in [1.807, 2.05) is 6.07 Å². The molecule has 0 atom stereocenters. The van der Waals surface area contributed by atoms with Gasteiger partial charge in [-0.1, -0.05) is 6.07 Å². The second-order valence-electron chi connectivity index (χ2n) is 5.22. The van der Waals surface area contributed by atoms with Gasteiger partial charge in [0, 0.05) is 11.7 Å². The van der Waals surface area contributed by atoms with Gasteiger partial charge in [0.15, 0.2) is 0 Å². The van der Waals surface area contributed by atoms with Crippen molar-refractivity contribution in [1.29, 1.82) is 5.26 Å². The lowest BCUT2D eigenvalue weighted by Crippen LogP contribution is -2.35. The van der Waals surface area contributed by atoms with E-state index in [9.17, 15) is 4.39 Å². The van der Waals surface area contributed by atoms with Crippen molar-refractivity contribution >= 4 is 17.6 Å². The van der Waals surface area contributed by atoms with E-state index in [4.69, 9.17) is 5.26 Å². The van der Waals surface area contributed by atoms with Crippen molar-refractivity contribution in [3.05, 3.63) is 35.9 Å². The monoisotopic (exact) mass is 313 g/mol. The molecule has 2 aromatic rings. The quantitative estimate of drug-likeness (QED) is 0.791. The molecule has 1 aromatic heterocycles. The highest BCUT2D eigenvalue weighted by Gasteiger charge is 2.15. The van der Waals surface area contributed by atoms with E-state index in [0.29, 0.717) is 11.6 Å². The summed E-state index contributed by atoms with van der Waals surface area (Å²) in [6, 6.07) is 8.12. The number of nitrogens with zero attached hydrogens (tertiary/aromatic N) is 4. The van der Waals surface area contributed by atoms with Crippen LogP contribution in [-0.4, -0.2) is 34.1 Å². The predicted octanol–water partition coefficient (Wildman–Crippen LogP) is 1.79. The van der Waals surface area contributed by atoms with Crippen LogP contribution in [0.2, 0.25) is 0 Å². The van der Waals surface area contributed by atoms with Gasteiger partial charge in [0.2, 0.25) is 17.7 Å². The topological polar surface area (TPSA) is 98.5 Å². The van der Waals surface area contributed by atoms with Crippen molar-refractivity contribution in [3.8, 4) is 6.07 Å². The molecule has 7 nitrogen and oxygen atoms in total. The normalized spacial score (nSPS) is 15.0. The van der Waals surface area contributed by atoms with Gasteiger partial charge in [0.25, 0.3) is 0 Å². The molecule has 0 bridgehead atoms. The smallest absolute Gasteiger partial charge is 0.238 e. The van der Waals surface area contributed by atoms with E-state index >= 15 is 0 Å². The summed E-state index contributed by atoms with van der Waals surface area (Å²) < 4.78 is 13.2.